The Bertz CT molecular complexity index is 754. The van der Waals surface area contributed by atoms with Gasteiger partial charge in [0.15, 0.2) is 4.67 Å². The number of carbonyl (C=O) groups is 2. The number of hydrogen-bond donors (Lipinski definition) is 0. The van der Waals surface area contributed by atoms with Crippen LogP contribution in [-0.2, 0) is 4.79 Å². The van der Waals surface area contributed by atoms with Gasteiger partial charge < -0.3 is 4.42 Å². The van der Waals surface area contributed by atoms with Gasteiger partial charge in [-0.1, -0.05) is 11.6 Å². The van der Waals surface area contributed by atoms with Crippen LogP contribution in [0.25, 0.3) is 6.08 Å². The van der Waals surface area contributed by atoms with E-state index in [2.05, 4.69) is 15.9 Å². The molecular weight excluding hydrogens is 378 g/mol. The van der Waals surface area contributed by atoms with Crippen LogP contribution in [0, 0.1) is 0 Å². The van der Waals surface area contributed by atoms with Gasteiger partial charge in [-0.25, -0.2) is 4.90 Å². The minimum atomic E-state index is -0.375. The number of rotatable bonds is 2. The summed E-state index contributed by atoms with van der Waals surface area (Å²) < 4.78 is 5.87. The van der Waals surface area contributed by atoms with E-state index < -0.39 is 0 Å². The molecule has 1 aromatic heterocycles. The molecule has 106 valence electrons. The standard InChI is InChI=1S/C14H7BrClNO3S/c15-12-6-5-10(20-12)7-11-13(18)17(14(19)21-11)9-3-1-8(16)2-4-9/h1-7H/b11-7-. The molecule has 0 unspecified atom stereocenters. The molecule has 1 aromatic carbocycles. The quantitative estimate of drug-likeness (QED) is 0.688. The molecule has 0 bridgehead atoms. The zero-order chi connectivity index (χ0) is 15.0. The Balaban J connectivity index is 1.92. The van der Waals surface area contributed by atoms with Crippen LogP contribution >= 0.6 is 39.3 Å². The molecule has 0 atom stereocenters. The predicted octanol–water partition coefficient (Wildman–Crippen LogP) is 4.94. The van der Waals surface area contributed by atoms with E-state index in [9.17, 15) is 9.59 Å². The molecule has 1 aliphatic rings. The highest BCUT2D eigenvalue weighted by Crippen LogP contribution is 2.36. The first-order valence-electron chi connectivity index (χ1n) is 5.83. The number of anilines is 1. The van der Waals surface area contributed by atoms with E-state index in [4.69, 9.17) is 16.0 Å². The van der Waals surface area contributed by atoms with Gasteiger partial charge in [0.1, 0.15) is 5.76 Å². The van der Waals surface area contributed by atoms with Crippen molar-refractivity contribution in [1.29, 1.82) is 0 Å². The number of carbonyl (C=O) groups excluding carboxylic acids is 2. The second kappa shape index (κ2) is 5.71. The van der Waals surface area contributed by atoms with E-state index in [-0.39, 0.29) is 11.1 Å². The van der Waals surface area contributed by atoms with Crippen LogP contribution in [0.3, 0.4) is 0 Å². The maximum absolute atomic E-state index is 12.3. The summed E-state index contributed by atoms with van der Waals surface area (Å²) in [5, 5.41) is 0.195. The van der Waals surface area contributed by atoms with Crippen molar-refractivity contribution in [3.63, 3.8) is 0 Å². The largest absolute Gasteiger partial charge is 0.450 e. The molecule has 0 aliphatic carbocycles. The van der Waals surface area contributed by atoms with Crippen molar-refractivity contribution in [3.05, 3.63) is 56.8 Å². The number of halogens is 2. The molecule has 0 saturated carbocycles. The van der Waals surface area contributed by atoms with Crippen molar-refractivity contribution >= 4 is 62.2 Å². The molecule has 1 aliphatic heterocycles. The summed E-state index contributed by atoms with van der Waals surface area (Å²) in [5.41, 5.74) is 0.492. The normalized spacial score (nSPS) is 17.0. The van der Waals surface area contributed by atoms with Crippen LogP contribution in [0.15, 0.2) is 50.4 Å². The second-order valence-corrected chi connectivity index (χ2v) is 6.35. The lowest BCUT2D eigenvalue weighted by Crippen LogP contribution is -2.27. The second-order valence-electron chi connectivity index (χ2n) is 4.14. The van der Waals surface area contributed by atoms with E-state index in [1.165, 1.54) is 0 Å². The van der Waals surface area contributed by atoms with Crippen LogP contribution in [0.4, 0.5) is 10.5 Å². The van der Waals surface area contributed by atoms with Crippen LogP contribution in [0.5, 0.6) is 0 Å². The van der Waals surface area contributed by atoms with Gasteiger partial charge in [0, 0.05) is 11.1 Å². The molecule has 3 rings (SSSR count). The van der Waals surface area contributed by atoms with Gasteiger partial charge in [0.05, 0.1) is 10.6 Å². The van der Waals surface area contributed by atoms with Crippen molar-refractivity contribution in [2.45, 2.75) is 0 Å². The molecule has 1 saturated heterocycles. The van der Waals surface area contributed by atoms with E-state index in [0.29, 0.717) is 26.0 Å². The molecule has 4 nitrogen and oxygen atoms in total. The topological polar surface area (TPSA) is 50.5 Å². The smallest absolute Gasteiger partial charge is 0.298 e. The Morgan fingerprint density at radius 2 is 1.86 bits per heavy atom. The summed E-state index contributed by atoms with van der Waals surface area (Å²) in [4.78, 5) is 25.8. The van der Waals surface area contributed by atoms with E-state index >= 15 is 0 Å². The Morgan fingerprint density at radius 3 is 2.48 bits per heavy atom. The third kappa shape index (κ3) is 2.92. The summed E-state index contributed by atoms with van der Waals surface area (Å²) in [7, 11) is 0. The lowest BCUT2D eigenvalue weighted by molar-refractivity contribution is -0.113. The number of amides is 2. The number of thioether (sulfide) groups is 1. The van der Waals surface area contributed by atoms with Crippen molar-refractivity contribution in [2.24, 2.45) is 0 Å². The highest BCUT2D eigenvalue weighted by Gasteiger charge is 2.36. The number of hydrogen-bond acceptors (Lipinski definition) is 4. The van der Waals surface area contributed by atoms with Gasteiger partial charge in [-0.05, 0) is 64.1 Å². The van der Waals surface area contributed by atoms with Gasteiger partial charge in [0.25, 0.3) is 11.1 Å². The van der Waals surface area contributed by atoms with Gasteiger partial charge in [-0.3, -0.25) is 9.59 Å². The third-order valence-electron chi connectivity index (χ3n) is 2.75. The average molecular weight is 385 g/mol. The van der Waals surface area contributed by atoms with Crippen molar-refractivity contribution in [2.75, 3.05) is 4.90 Å². The van der Waals surface area contributed by atoms with Gasteiger partial charge in [-0.2, -0.15) is 0 Å². The zero-order valence-corrected chi connectivity index (χ0v) is 13.5. The monoisotopic (exact) mass is 383 g/mol. The van der Waals surface area contributed by atoms with Crippen LogP contribution in [-0.4, -0.2) is 11.1 Å². The fraction of sp³-hybridized carbons (Fsp3) is 0. The summed E-state index contributed by atoms with van der Waals surface area (Å²) >= 11 is 9.87. The van der Waals surface area contributed by atoms with Crippen LogP contribution < -0.4 is 4.90 Å². The molecule has 2 heterocycles. The van der Waals surface area contributed by atoms with Gasteiger partial charge >= 0.3 is 0 Å². The summed E-state index contributed by atoms with van der Waals surface area (Å²) in [6.45, 7) is 0. The van der Waals surface area contributed by atoms with Crippen molar-refractivity contribution in [1.82, 2.24) is 0 Å². The summed E-state index contributed by atoms with van der Waals surface area (Å²) in [5.74, 6) is 0.128. The first kappa shape index (κ1) is 14.4. The molecule has 0 N–H and O–H groups in total. The fourth-order valence-electron chi connectivity index (χ4n) is 1.82. The number of furan rings is 1. The zero-order valence-electron chi connectivity index (χ0n) is 10.4. The number of nitrogens with zero attached hydrogens (tertiary/aromatic N) is 1. The Kier molecular flexibility index (Phi) is 3.93. The average Bonchev–Trinajstić information content (AvgIpc) is 2.96. The Morgan fingerprint density at radius 1 is 1.14 bits per heavy atom. The molecule has 21 heavy (non-hydrogen) atoms. The lowest BCUT2D eigenvalue weighted by Gasteiger charge is -2.11. The van der Waals surface area contributed by atoms with E-state index in [0.717, 1.165) is 16.7 Å². The van der Waals surface area contributed by atoms with E-state index in [1.807, 2.05) is 0 Å². The third-order valence-corrected chi connectivity index (χ3v) is 4.29. The maximum atomic E-state index is 12.3. The highest BCUT2D eigenvalue weighted by atomic mass is 79.9. The molecule has 0 spiro atoms. The summed E-state index contributed by atoms with van der Waals surface area (Å²) in [6, 6.07) is 9.95. The SMILES string of the molecule is O=C1S/C(=C\c2ccc(Br)o2)C(=O)N1c1ccc(Cl)cc1. The number of imide groups is 1. The van der Waals surface area contributed by atoms with Crippen molar-refractivity contribution in [3.8, 4) is 0 Å². The first-order chi connectivity index (χ1) is 10.0. The first-order valence-corrected chi connectivity index (χ1v) is 7.82. The Labute approximate surface area is 137 Å². The van der Waals surface area contributed by atoms with E-state index in [1.54, 1.807) is 42.5 Å². The molecule has 1 fully saturated rings. The minimum Gasteiger partial charge on any atom is -0.450 e. The fourth-order valence-corrected chi connectivity index (χ4v) is 3.08. The highest BCUT2D eigenvalue weighted by molar-refractivity contribution is 9.10. The maximum Gasteiger partial charge on any atom is 0.298 e. The van der Waals surface area contributed by atoms with Crippen LogP contribution in [0.2, 0.25) is 5.02 Å². The number of benzene rings is 1. The molecular formula is C14H7BrClNO3S. The van der Waals surface area contributed by atoms with Gasteiger partial charge in [0.2, 0.25) is 0 Å². The predicted molar refractivity (Wildman–Crippen MR) is 86.3 cm³/mol. The minimum absolute atomic E-state index is 0.316. The molecule has 7 heteroatoms. The lowest BCUT2D eigenvalue weighted by atomic mass is 10.3. The molecule has 2 amide bonds. The Hall–Kier alpha value is -1.50. The molecule has 2 aromatic rings. The van der Waals surface area contributed by atoms with Gasteiger partial charge in [-0.15, -0.1) is 0 Å². The summed E-state index contributed by atoms with van der Waals surface area (Å²) in [6.07, 6.45) is 1.55. The van der Waals surface area contributed by atoms with Crippen molar-refractivity contribution < 1.29 is 14.0 Å². The van der Waals surface area contributed by atoms with Crippen LogP contribution in [0.1, 0.15) is 5.76 Å². The molecule has 0 radical (unpaired) electrons.